The lowest BCUT2D eigenvalue weighted by Crippen LogP contribution is -2.17. The Hall–Kier alpha value is -0.810. The SMILES string of the molecule is CCS(=O)(=O)CCCn1ccc(CC(C)N)c1. The predicted octanol–water partition coefficient (Wildman–Crippen LogP) is 1.20. The van der Waals surface area contributed by atoms with Gasteiger partial charge in [-0.05, 0) is 31.4 Å². The lowest BCUT2D eigenvalue weighted by Gasteiger charge is -2.04. The second-order valence-electron chi connectivity index (χ2n) is 4.53. The summed E-state index contributed by atoms with van der Waals surface area (Å²) in [5.74, 6) is 0.499. The van der Waals surface area contributed by atoms with Crippen molar-refractivity contribution >= 4 is 9.84 Å². The number of aromatic nitrogens is 1. The molecule has 0 saturated heterocycles. The summed E-state index contributed by atoms with van der Waals surface area (Å²) in [6.07, 6.45) is 5.56. The van der Waals surface area contributed by atoms with Gasteiger partial charge in [-0.25, -0.2) is 8.42 Å². The van der Waals surface area contributed by atoms with E-state index in [2.05, 4.69) is 0 Å². The van der Waals surface area contributed by atoms with E-state index in [0.717, 1.165) is 13.0 Å². The lowest BCUT2D eigenvalue weighted by molar-refractivity contribution is 0.587. The van der Waals surface area contributed by atoms with E-state index in [1.165, 1.54) is 5.56 Å². The standard InChI is InChI=1S/C12H22N2O2S/c1-3-17(15,16)8-4-6-14-7-5-12(10-14)9-11(2)13/h5,7,10-11H,3-4,6,8-9,13H2,1-2H3. The van der Waals surface area contributed by atoms with E-state index in [0.29, 0.717) is 6.42 Å². The molecule has 0 aliphatic rings. The first kappa shape index (κ1) is 14.3. The Morgan fingerprint density at radius 2 is 2.18 bits per heavy atom. The van der Waals surface area contributed by atoms with Crippen LogP contribution in [0.15, 0.2) is 18.5 Å². The molecule has 2 N–H and O–H groups in total. The molecule has 5 heteroatoms. The maximum Gasteiger partial charge on any atom is 0.150 e. The van der Waals surface area contributed by atoms with Crippen molar-refractivity contribution in [3.8, 4) is 0 Å². The summed E-state index contributed by atoms with van der Waals surface area (Å²) >= 11 is 0. The molecule has 0 saturated carbocycles. The van der Waals surface area contributed by atoms with E-state index in [-0.39, 0.29) is 17.5 Å². The summed E-state index contributed by atoms with van der Waals surface area (Å²) in [7, 11) is -2.84. The van der Waals surface area contributed by atoms with Gasteiger partial charge >= 0.3 is 0 Å². The van der Waals surface area contributed by atoms with Crippen molar-refractivity contribution in [3.63, 3.8) is 0 Å². The first-order valence-electron chi connectivity index (χ1n) is 6.03. The van der Waals surface area contributed by atoms with E-state index in [4.69, 9.17) is 5.73 Å². The van der Waals surface area contributed by atoms with Gasteiger partial charge in [-0.1, -0.05) is 6.92 Å². The third-order valence-electron chi connectivity index (χ3n) is 2.68. The summed E-state index contributed by atoms with van der Waals surface area (Å²) in [6.45, 7) is 4.41. The molecule has 17 heavy (non-hydrogen) atoms. The van der Waals surface area contributed by atoms with Crippen LogP contribution in [-0.2, 0) is 22.8 Å². The number of hydrogen-bond acceptors (Lipinski definition) is 3. The van der Waals surface area contributed by atoms with Gasteiger partial charge in [0.1, 0.15) is 9.84 Å². The van der Waals surface area contributed by atoms with Crippen molar-refractivity contribution in [2.45, 2.75) is 39.3 Å². The van der Waals surface area contributed by atoms with Gasteiger partial charge in [-0.3, -0.25) is 0 Å². The minimum atomic E-state index is -2.84. The molecule has 0 fully saturated rings. The molecule has 0 aromatic carbocycles. The molecule has 4 nitrogen and oxygen atoms in total. The highest BCUT2D eigenvalue weighted by Gasteiger charge is 2.07. The normalized spacial score (nSPS) is 13.8. The molecule has 0 aliphatic heterocycles. The third-order valence-corrected chi connectivity index (χ3v) is 4.47. The minimum Gasteiger partial charge on any atom is -0.354 e. The van der Waals surface area contributed by atoms with Crippen LogP contribution in [0.2, 0.25) is 0 Å². The fourth-order valence-electron chi connectivity index (χ4n) is 1.73. The number of nitrogens with zero attached hydrogens (tertiary/aromatic N) is 1. The summed E-state index contributed by atoms with van der Waals surface area (Å²) < 4.78 is 24.7. The molecular weight excluding hydrogens is 236 g/mol. The Bertz CT molecular complexity index is 435. The predicted molar refractivity (Wildman–Crippen MR) is 70.7 cm³/mol. The molecule has 1 rings (SSSR count). The molecule has 0 aliphatic carbocycles. The fourth-order valence-corrected chi connectivity index (χ4v) is 2.59. The van der Waals surface area contributed by atoms with Crippen LogP contribution in [0.3, 0.4) is 0 Å². The average Bonchev–Trinajstić information content (AvgIpc) is 2.64. The van der Waals surface area contributed by atoms with Gasteiger partial charge in [0, 0.05) is 30.7 Å². The summed E-state index contributed by atoms with van der Waals surface area (Å²) in [5, 5.41) is 0. The highest BCUT2D eigenvalue weighted by Crippen LogP contribution is 2.05. The monoisotopic (exact) mass is 258 g/mol. The number of nitrogens with two attached hydrogens (primary N) is 1. The Kier molecular flexibility index (Phi) is 5.21. The first-order chi connectivity index (χ1) is 7.93. The molecule has 98 valence electrons. The maximum atomic E-state index is 11.3. The molecule has 1 aromatic rings. The van der Waals surface area contributed by atoms with Gasteiger partial charge in [0.05, 0.1) is 5.75 Å². The van der Waals surface area contributed by atoms with Crippen molar-refractivity contribution in [3.05, 3.63) is 24.0 Å². The van der Waals surface area contributed by atoms with Crippen molar-refractivity contribution < 1.29 is 8.42 Å². The summed E-state index contributed by atoms with van der Waals surface area (Å²) in [6, 6.07) is 2.20. The van der Waals surface area contributed by atoms with Crippen LogP contribution in [0.5, 0.6) is 0 Å². The van der Waals surface area contributed by atoms with Crippen molar-refractivity contribution in [2.24, 2.45) is 5.73 Å². The van der Waals surface area contributed by atoms with Crippen LogP contribution in [-0.4, -0.2) is 30.5 Å². The van der Waals surface area contributed by atoms with Crippen LogP contribution in [0.1, 0.15) is 25.8 Å². The summed E-state index contributed by atoms with van der Waals surface area (Å²) in [4.78, 5) is 0. The van der Waals surface area contributed by atoms with Gasteiger partial charge in [-0.2, -0.15) is 0 Å². The molecule has 1 unspecified atom stereocenters. The number of hydrogen-bond donors (Lipinski definition) is 1. The van der Waals surface area contributed by atoms with Gasteiger partial charge in [0.15, 0.2) is 0 Å². The van der Waals surface area contributed by atoms with Gasteiger partial charge in [0.25, 0.3) is 0 Å². The van der Waals surface area contributed by atoms with Crippen LogP contribution >= 0.6 is 0 Å². The Labute approximate surface area is 104 Å². The fraction of sp³-hybridized carbons (Fsp3) is 0.667. The van der Waals surface area contributed by atoms with E-state index >= 15 is 0 Å². The van der Waals surface area contributed by atoms with Crippen LogP contribution in [0.25, 0.3) is 0 Å². The van der Waals surface area contributed by atoms with Crippen LogP contribution < -0.4 is 5.73 Å². The average molecular weight is 258 g/mol. The Balaban J connectivity index is 2.40. The van der Waals surface area contributed by atoms with Crippen molar-refractivity contribution in [1.29, 1.82) is 0 Å². The first-order valence-corrected chi connectivity index (χ1v) is 7.85. The number of aryl methyl sites for hydroxylation is 1. The number of sulfone groups is 1. The zero-order valence-electron chi connectivity index (χ0n) is 10.6. The van der Waals surface area contributed by atoms with E-state index in [1.807, 2.05) is 30.0 Å². The van der Waals surface area contributed by atoms with Gasteiger partial charge in [0.2, 0.25) is 0 Å². The molecule has 0 spiro atoms. The minimum absolute atomic E-state index is 0.159. The van der Waals surface area contributed by atoms with Crippen LogP contribution in [0.4, 0.5) is 0 Å². The smallest absolute Gasteiger partial charge is 0.150 e. The lowest BCUT2D eigenvalue weighted by atomic mass is 10.1. The molecule has 0 bridgehead atoms. The van der Waals surface area contributed by atoms with Crippen LogP contribution in [0, 0.1) is 0 Å². The third kappa shape index (κ3) is 5.37. The molecule has 1 heterocycles. The maximum absolute atomic E-state index is 11.3. The Morgan fingerprint density at radius 3 is 2.76 bits per heavy atom. The molecule has 1 atom stereocenters. The Morgan fingerprint density at radius 1 is 1.47 bits per heavy atom. The van der Waals surface area contributed by atoms with Gasteiger partial charge < -0.3 is 10.3 Å². The molecule has 0 amide bonds. The quantitative estimate of drug-likeness (QED) is 0.799. The van der Waals surface area contributed by atoms with E-state index in [1.54, 1.807) is 6.92 Å². The highest BCUT2D eigenvalue weighted by molar-refractivity contribution is 7.91. The molecular formula is C12H22N2O2S. The second kappa shape index (κ2) is 6.21. The number of rotatable bonds is 7. The van der Waals surface area contributed by atoms with E-state index in [9.17, 15) is 8.42 Å². The second-order valence-corrected chi connectivity index (χ2v) is 7.00. The topological polar surface area (TPSA) is 65.1 Å². The van der Waals surface area contributed by atoms with Crippen molar-refractivity contribution in [2.75, 3.05) is 11.5 Å². The molecule has 0 radical (unpaired) electrons. The zero-order chi connectivity index (χ0) is 12.9. The highest BCUT2D eigenvalue weighted by atomic mass is 32.2. The van der Waals surface area contributed by atoms with Crippen molar-refractivity contribution in [1.82, 2.24) is 4.57 Å². The summed E-state index contributed by atoms with van der Waals surface area (Å²) in [5.41, 5.74) is 6.93. The van der Waals surface area contributed by atoms with E-state index < -0.39 is 9.84 Å². The molecule has 1 aromatic heterocycles. The van der Waals surface area contributed by atoms with Gasteiger partial charge in [-0.15, -0.1) is 0 Å². The zero-order valence-corrected chi connectivity index (χ0v) is 11.4. The largest absolute Gasteiger partial charge is 0.354 e.